The molecule has 0 aliphatic carbocycles. The van der Waals surface area contributed by atoms with Crippen molar-refractivity contribution in [1.29, 1.82) is 0 Å². The lowest BCUT2D eigenvalue weighted by Crippen LogP contribution is -2.20. The van der Waals surface area contributed by atoms with Gasteiger partial charge in [0, 0.05) is 0 Å². The van der Waals surface area contributed by atoms with Gasteiger partial charge in [0.15, 0.2) is 0 Å². The third-order valence-corrected chi connectivity index (χ3v) is 2.13. The number of rotatable bonds is 4. The topological polar surface area (TPSA) is 43.1 Å². The first-order valence-electron chi connectivity index (χ1n) is 4.76. The molecule has 0 fully saturated rings. The second-order valence-electron chi connectivity index (χ2n) is 3.19. The minimum atomic E-state index is -0.264. The molecule has 0 radical (unpaired) electrons. The second kappa shape index (κ2) is 5.22. The molecule has 0 saturated heterocycles. The van der Waals surface area contributed by atoms with E-state index in [1.807, 2.05) is 49.4 Å². The van der Waals surface area contributed by atoms with Gasteiger partial charge in [-0.05, 0) is 12.0 Å². The van der Waals surface area contributed by atoms with E-state index in [4.69, 9.17) is 5.73 Å². The second-order valence-corrected chi connectivity index (χ2v) is 3.19. The van der Waals surface area contributed by atoms with Crippen molar-refractivity contribution in [1.82, 2.24) is 0 Å². The van der Waals surface area contributed by atoms with E-state index in [2.05, 4.69) is 0 Å². The molecule has 1 unspecified atom stereocenters. The molecule has 2 heteroatoms. The zero-order chi connectivity index (χ0) is 10.4. The Labute approximate surface area is 84.4 Å². The quantitative estimate of drug-likeness (QED) is 0.775. The van der Waals surface area contributed by atoms with Crippen molar-refractivity contribution in [3.63, 3.8) is 0 Å². The first kappa shape index (κ1) is 10.5. The molecule has 1 aromatic rings. The molecule has 0 bridgehead atoms. The number of benzene rings is 1. The number of hydrogen-bond acceptors (Lipinski definition) is 1. The molecule has 74 valence electrons. The lowest BCUT2D eigenvalue weighted by atomic mass is 10.0. The maximum atomic E-state index is 10.9. The summed E-state index contributed by atoms with van der Waals surface area (Å²) in [4.78, 5) is 10.9. The maximum Gasteiger partial charge on any atom is 0.224 e. The molecular weight excluding hydrogens is 174 g/mol. The molecule has 0 saturated carbocycles. The lowest BCUT2D eigenvalue weighted by Gasteiger charge is -2.03. The number of carbonyl (C=O) groups is 1. The summed E-state index contributed by atoms with van der Waals surface area (Å²) >= 11 is 0. The van der Waals surface area contributed by atoms with Crippen molar-refractivity contribution in [3.8, 4) is 0 Å². The van der Waals surface area contributed by atoms with Crippen LogP contribution in [0, 0.1) is 5.92 Å². The number of hydrogen-bond donors (Lipinski definition) is 1. The number of primary amides is 1. The Bertz CT molecular complexity index is 316. The van der Waals surface area contributed by atoms with Crippen LogP contribution < -0.4 is 5.73 Å². The molecule has 1 rings (SSSR count). The van der Waals surface area contributed by atoms with Gasteiger partial charge in [-0.3, -0.25) is 4.79 Å². The van der Waals surface area contributed by atoms with Gasteiger partial charge in [-0.2, -0.15) is 0 Å². The van der Waals surface area contributed by atoms with E-state index < -0.39 is 0 Å². The van der Waals surface area contributed by atoms with Gasteiger partial charge in [0.05, 0.1) is 5.92 Å². The number of nitrogens with two attached hydrogens (primary N) is 1. The standard InChI is InChI=1S/C12H15NO/c1-2-11(12(13)14)9-8-10-6-4-3-5-7-10/h3-9,11H,2H2,1H3,(H2,13,14). The largest absolute Gasteiger partial charge is 0.369 e. The summed E-state index contributed by atoms with van der Waals surface area (Å²) in [5, 5.41) is 0. The van der Waals surface area contributed by atoms with Crippen LogP contribution in [0.15, 0.2) is 36.4 Å². The monoisotopic (exact) mass is 189 g/mol. The minimum Gasteiger partial charge on any atom is -0.369 e. The van der Waals surface area contributed by atoms with Crippen LogP contribution in [-0.4, -0.2) is 5.91 Å². The van der Waals surface area contributed by atoms with Crippen molar-refractivity contribution in [2.45, 2.75) is 13.3 Å². The van der Waals surface area contributed by atoms with E-state index in [0.717, 1.165) is 12.0 Å². The highest BCUT2D eigenvalue weighted by Gasteiger charge is 2.07. The zero-order valence-electron chi connectivity index (χ0n) is 8.31. The van der Waals surface area contributed by atoms with Gasteiger partial charge in [0.25, 0.3) is 0 Å². The smallest absolute Gasteiger partial charge is 0.224 e. The molecule has 0 spiro atoms. The van der Waals surface area contributed by atoms with Gasteiger partial charge in [0.1, 0.15) is 0 Å². The van der Waals surface area contributed by atoms with Crippen LogP contribution in [-0.2, 0) is 4.79 Å². The third-order valence-electron chi connectivity index (χ3n) is 2.13. The molecule has 1 aromatic carbocycles. The van der Waals surface area contributed by atoms with Gasteiger partial charge in [0.2, 0.25) is 5.91 Å². The molecule has 14 heavy (non-hydrogen) atoms. The Hall–Kier alpha value is -1.57. The van der Waals surface area contributed by atoms with Crippen LogP contribution in [0.4, 0.5) is 0 Å². The molecule has 0 aliphatic heterocycles. The van der Waals surface area contributed by atoms with Crippen LogP contribution in [0.2, 0.25) is 0 Å². The highest BCUT2D eigenvalue weighted by molar-refractivity contribution is 5.79. The third kappa shape index (κ3) is 3.05. The predicted molar refractivity (Wildman–Crippen MR) is 58.5 cm³/mol. The molecular formula is C12H15NO. The Morgan fingerprint density at radius 1 is 1.43 bits per heavy atom. The van der Waals surface area contributed by atoms with Crippen molar-refractivity contribution < 1.29 is 4.79 Å². The molecule has 0 heterocycles. The van der Waals surface area contributed by atoms with Gasteiger partial charge in [-0.25, -0.2) is 0 Å². The summed E-state index contributed by atoms with van der Waals surface area (Å²) in [6.07, 6.45) is 4.54. The summed E-state index contributed by atoms with van der Waals surface area (Å²) in [6, 6.07) is 9.87. The fourth-order valence-electron chi connectivity index (χ4n) is 1.22. The summed E-state index contributed by atoms with van der Waals surface area (Å²) in [7, 11) is 0. The van der Waals surface area contributed by atoms with Gasteiger partial charge in [-0.15, -0.1) is 0 Å². The van der Waals surface area contributed by atoms with Crippen molar-refractivity contribution in [2.24, 2.45) is 11.7 Å². The Morgan fingerprint density at radius 2 is 2.07 bits per heavy atom. The fraction of sp³-hybridized carbons (Fsp3) is 0.250. The molecule has 2 nitrogen and oxygen atoms in total. The first-order chi connectivity index (χ1) is 6.74. The Morgan fingerprint density at radius 3 is 2.57 bits per heavy atom. The molecule has 1 atom stereocenters. The average Bonchev–Trinajstić information content (AvgIpc) is 2.20. The highest BCUT2D eigenvalue weighted by atomic mass is 16.1. The van der Waals surface area contributed by atoms with E-state index in [1.165, 1.54) is 0 Å². The van der Waals surface area contributed by atoms with E-state index in [-0.39, 0.29) is 11.8 Å². The fourth-order valence-corrected chi connectivity index (χ4v) is 1.22. The van der Waals surface area contributed by atoms with Crippen LogP contribution in [0.25, 0.3) is 6.08 Å². The van der Waals surface area contributed by atoms with Gasteiger partial charge in [-0.1, -0.05) is 49.4 Å². The SMILES string of the molecule is CCC(C=Cc1ccccc1)C(N)=O. The van der Waals surface area contributed by atoms with Crippen molar-refractivity contribution in [3.05, 3.63) is 42.0 Å². The van der Waals surface area contributed by atoms with Crippen LogP contribution in [0.3, 0.4) is 0 Å². The maximum absolute atomic E-state index is 10.9. The molecule has 0 aliphatic rings. The summed E-state index contributed by atoms with van der Waals surface area (Å²) in [5.74, 6) is -0.421. The minimum absolute atomic E-state index is 0.157. The number of carbonyl (C=O) groups excluding carboxylic acids is 1. The van der Waals surface area contributed by atoms with Crippen LogP contribution >= 0.6 is 0 Å². The van der Waals surface area contributed by atoms with Gasteiger partial charge >= 0.3 is 0 Å². The van der Waals surface area contributed by atoms with Crippen LogP contribution in [0.5, 0.6) is 0 Å². The highest BCUT2D eigenvalue weighted by Crippen LogP contribution is 2.08. The molecule has 2 N–H and O–H groups in total. The summed E-state index contributed by atoms with van der Waals surface area (Å²) in [6.45, 7) is 1.95. The van der Waals surface area contributed by atoms with Gasteiger partial charge < -0.3 is 5.73 Å². The van der Waals surface area contributed by atoms with E-state index in [9.17, 15) is 4.79 Å². The molecule has 0 aromatic heterocycles. The van der Waals surface area contributed by atoms with E-state index in [0.29, 0.717) is 0 Å². The Kier molecular flexibility index (Phi) is 3.92. The lowest BCUT2D eigenvalue weighted by molar-refractivity contribution is -0.120. The Balaban J connectivity index is 2.67. The summed E-state index contributed by atoms with van der Waals surface area (Å²) < 4.78 is 0. The number of amides is 1. The predicted octanol–water partition coefficient (Wildman–Crippen LogP) is 2.21. The average molecular weight is 189 g/mol. The zero-order valence-corrected chi connectivity index (χ0v) is 8.31. The summed E-state index contributed by atoms with van der Waals surface area (Å²) in [5.41, 5.74) is 6.31. The normalized spacial score (nSPS) is 12.9. The van der Waals surface area contributed by atoms with E-state index in [1.54, 1.807) is 0 Å². The van der Waals surface area contributed by atoms with Crippen LogP contribution in [0.1, 0.15) is 18.9 Å². The first-order valence-corrected chi connectivity index (χ1v) is 4.76. The van der Waals surface area contributed by atoms with Crippen molar-refractivity contribution in [2.75, 3.05) is 0 Å². The van der Waals surface area contributed by atoms with E-state index >= 15 is 0 Å². The molecule has 1 amide bonds. The van der Waals surface area contributed by atoms with Crippen molar-refractivity contribution >= 4 is 12.0 Å².